The first-order valence-electron chi connectivity index (χ1n) is 8.05. The Bertz CT molecular complexity index is 1040. The van der Waals surface area contributed by atoms with Crippen LogP contribution in [0.25, 0.3) is 21.8 Å². The molecule has 1 aromatic heterocycles. The molecule has 0 bridgehead atoms. The number of fused-ring (bicyclic) bond motifs is 1. The monoisotopic (exact) mass is 370 g/mol. The van der Waals surface area contributed by atoms with Gasteiger partial charge in [-0.1, -0.05) is 35.9 Å². The van der Waals surface area contributed by atoms with Crippen LogP contribution in [0, 0.1) is 6.92 Å². The Hall–Kier alpha value is -2.18. The first-order chi connectivity index (χ1) is 11.9. The van der Waals surface area contributed by atoms with Crippen LogP contribution in [0.1, 0.15) is 11.1 Å². The Morgan fingerprint density at radius 1 is 1.08 bits per heavy atom. The first-order valence-corrected chi connectivity index (χ1v) is 10.8. The Labute approximate surface area is 151 Å². The van der Waals surface area contributed by atoms with Crippen LogP contribution in [0.4, 0.5) is 5.69 Å². The van der Waals surface area contributed by atoms with E-state index >= 15 is 0 Å². The minimum atomic E-state index is -3.21. The zero-order valence-corrected chi connectivity index (χ0v) is 15.7. The van der Waals surface area contributed by atoms with Gasteiger partial charge in [0.1, 0.15) is 5.01 Å². The van der Waals surface area contributed by atoms with Crippen LogP contribution in [0.15, 0.2) is 47.8 Å². The number of sulfonamides is 1. The molecule has 128 valence electrons. The van der Waals surface area contributed by atoms with E-state index in [-0.39, 0.29) is 0 Å². The minimum absolute atomic E-state index is 0.517. The molecule has 0 spiro atoms. The van der Waals surface area contributed by atoms with Gasteiger partial charge < -0.3 is 0 Å². The maximum atomic E-state index is 11.9. The Kier molecular flexibility index (Phi) is 3.89. The van der Waals surface area contributed by atoms with Gasteiger partial charge in [0.25, 0.3) is 0 Å². The minimum Gasteiger partial charge on any atom is -0.270 e. The van der Waals surface area contributed by atoms with E-state index in [0.29, 0.717) is 6.54 Å². The van der Waals surface area contributed by atoms with Crippen LogP contribution in [0.3, 0.4) is 0 Å². The molecular formula is C19H18N2O2S2. The van der Waals surface area contributed by atoms with Crippen LogP contribution >= 0.6 is 11.3 Å². The van der Waals surface area contributed by atoms with Crippen LogP contribution in [0.5, 0.6) is 0 Å². The molecule has 0 radical (unpaired) electrons. The van der Waals surface area contributed by atoms with Gasteiger partial charge in [-0.05, 0) is 31.0 Å². The molecule has 25 heavy (non-hydrogen) atoms. The standard InChI is InChI=1S/C19H18N2O2S2/c1-13-3-5-14(6-4-13)19-20-17(12-24-19)15-7-8-18-16(11-15)9-10-21(18)25(2,22)23/h3-8,11-12H,9-10H2,1-2H3. The highest BCUT2D eigenvalue weighted by Crippen LogP contribution is 2.35. The summed E-state index contributed by atoms with van der Waals surface area (Å²) in [6, 6.07) is 14.3. The van der Waals surface area contributed by atoms with Crippen molar-refractivity contribution in [2.45, 2.75) is 13.3 Å². The summed E-state index contributed by atoms with van der Waals surface area (Å²) in [6.07, 6.45) is 2.00. The highest BCUT2D eigenvalue weighted by Gasteiger charge is 2.26. The second-order valence-corrected chi connectivity index (χ2v) is 9.10. The third-order valence-electron chi connectivity index (χ3n) is 4.43. The van der Waals surface area contributed by atoms with Crippen molar-refractivity contribution >= 4 is 27.0 Å². The van der Waals surface area contributed by atoms with Gasteiger partial charge in [0, 0.05) is 23.1 Å². The normalized spacial score (nSPS) is 13.9. The van der Waals surface area contributed by atoms with Crippen LogP contribution in [-0.2, 0) is 16.4 Å². The number of aryl methyl sites for hydroxylation is 1. The van der Waals surface area contributed by atoms with E-state index < -0.39 is 10.0 Å². The summed E-state index contributed by atoms with van der Waals surface area (Å²) < 4.78 is 25.2. The van der Waals surface area contributed by atoms with Crippen molar-refractivity contribution in [3.8, 4) is 21.8 Å². The number of nitrogens with zero attached hydrogens (tertiary/aromatic N) is 2. The second kappa shape index (κ2) is 5.97. The molecule has 1 aliphatic rings. The summed E-state index contributed by atoms with van der Waals surface area (Å²) in [7, 11) is -3.21. The van der Waals surface area contributed by atoms with Gasteiger partial charge in [0.2, 0.25) is 10.0 Å². The molecule has 0 fully saturated rings. The number of thiazole rings is 1. The van der Waals surface area contributed by atoms with Gasteiger partial charge in [-0.3, -0.25) is 4.31 Å². The number of hydrogen-bond acceptors (Lipinski definition) is 4. The summed E-state index contributed by atoms with van der Waals surface area (Å²) in [5.74, 6) is 0. The van der Waals surface area contributed by atoms with Crippen molar-refractivity contribution in [1.29, 1.82) is 0 Å². The molecule has 0 aliphatic carbocycles. The van der Waals surface area contributed by atoms with Crippen molar-refractivity contribution in [1.82, 2.24) is 4.98 Å². The van der Waals surface area contributed by atoms with Gasteiger partial charge in [-0.15, -0.1) is 11.3 Å². The smallest absolute Gasteiger partial charge is 0.232 e. The summed E-state index contributed by atoms with van der Waals surface area (Å²) >= 11 is 1.62. The number of anilines is 1. The molecule has 0 N–H and O–H groups in total. The second-order valence-electron chi connectivity index (χ2n) is 6.33. The molecule has 0 atom stereocenters. The fourth-order valence-corrected chi connectivity index (χ4v) is 4.90. The molecule has 0 amide bonds. The predicted molar refractivity (Wildman–Crippen MR) is 104 cm³/mol. The maximum Gasteiger partial charge on any atom is 0.232 e. The molecule has 2 aromatic carbocycles. The zero-order chi connectivity index (χ0) is 17.6. The molecule has 4 nitrogen and oxygen atoms in total. The molecular weight excluding hydrogens is 352 g/mol. The average Bonchev–Trinajstić information content (AvgIpc) is 3.21. The quantitative estimate of drug-likeness (QED) is 0.697. The Morgan fingerprint density at radius 3 is 2.52 bits per heavy atom. The van der Waals surface area contributed by atoms with E-state index in [4.69, 9.17) is 4.98 Å². The van der Waals surface area contributed by atoms with E-state index in [9.17, 15) is 8.42 Å². The highest BCUT2D eigenvalue weighted by molar-refractivity contribution is 7.92. The summed E-state index contributed by atoms with van der Waals surface area (Å²) in [5.41, 5.74) is 6.17. The molecule has 1 aliphatic heterocycles. The van der Waals surface area contributed by atoms with Gasteiger partial charge in [0.15, 0.2) is 0 Å². The lowest BCUT2D eigenvalue weighted by Gasteiger charge is -2.16. The summed E-state index contributed by atoms with van der Waals surface area (Å²) in [4.78, 5) is 4.76. The molecule has 4 rings (SSSR count). The Balaban J connectivity index is 1.67. The fourth-order valence-electron chi connectivity index (χ4n) is 3.11. The number of rotatable bonds is 3. The lowest BCUT2D eigenvalue weighted by molar-refractivity contribution is 0.598. The predicted octanol–water partition coefficient (Wildman–Crippen LogP) is 4.11. The van der Waals surface area contributed by atoms with Crippen molar-refractivity contribution in [3.63, 3.8) is 0 Å². The Morgan fingerprint density at radius 2 is 1.80 bits per heavy atom. The number of benzene rings is 2. The maximum absolute atomic E-state index is 11.9. The lowest BCUT2D eigenvalue weighted by atomic mass is 10.1. The van der Waals surface area contributed by atoms with Gasteiger partial charge >= 0.3 is 0 Å². The third-order valence-corrected chi connectivity index (χ3v) is 6.50. The van der Waals surface area contributed by atoms with Crippen molar-refractivity contribution in [3.05, 3.63) is 59.0 Å². The largest absolute Gasteiger partial charge is 0.270 e. The van der Waals surface area contributed by atoms with Crippen LogP contribution < -0.4 is 4.31 Å². The van der Waals surface area contributed by atoms with E-state index in [1.807, 2.05) is 12.1 Å². The number of hydrogen-bond donors (Lipinski definition) is 0. The summed E-state index contributed by atoms with van der Waals surface area (Å²) in [6.45, 7) is 2.59. The van der Waals surface area contributed by atoms with Crippen molar-refractivity contribution in [2.24, 2.45) is 0 Å². The van der Waals surface area contributed by atoms with Gasteiger partial charge in [-0.25, -0.2) is 13.4 Å². The molecule has 2 heterocycles. The van der Waals surface area contributed by atoms with E-state index in [0.717, 1.165) is 39.5 Å². The highest BCUT2D eigenvalue weighted by atomic mass is 32.2. The molecule has 0 unspecified atom stereocenters. The zero-order valence-electron chi connectivity index (χ0n) is 14.1. The van der Waals surface area contributed by atoms with Crippen LogP contribution in [0.2, 0.25) is 0 Å². The SMILES string of the molecule is Cc1ccc(-c2nc(-c3ccc4c(c3)CCN4S(C)(=O)=O)cs2)cc1. The van der Waals surface area contributed by atoms with Crippen LogP contribution in [-0.4, -0.2) is 26.2 Å². The topological polar surface area (TPSA) is 50.3 Å². The van der Waals surface area contributed by atoms with E-state index in [1.54, 1.807) is 11.3 Å². The molecule has 6 heteroatoms. The molecule has 3 aromatic rings. The van der Waals surface area contributed by atoms with E-state index in [1.165, 1.54) is 16.1 Å². The number of aromatic nitrogens is 1. The first kappa shape index (κ1) is 16.3. The van der Waals surface area contributed by atoms with Crippen molar-refractivity contribution in [2.75, 3.05) is 17.1 Å². The summed E-state index contributed by atoms with van der Waals surface area (Å²) in [5, 5.41) is 3.05. The van der Waals surface area contributed by atoms with E-state index in [2.05, 4.69) is 42.6 Å². The third kappa shape index (κ3) is 3.07. The average molecular weight is 370 g/mol. The fraction of sp³-hybridized carbons (Fsp3) is 0.211. The van der Waals surface area contributed by atoms with Gasteiger partial charge in [0.05, 0.1) is 17.6 Å². The van der Waals surface area contributed by atoms with Gasteiger partial charge in [-0.2, -0.15) is 0 Å². The van der Waals surface area contributed by atoms with Crippen molar-refractivity contribution < 1.29 is 8.42 Å². The lowest BCUT2D eigenvalue weighted by Crippen LogP contribution is -2.27. The molecule has 0 saturated carbocycles. The molecule has 0 saturated heterocycles.